The summed E-state index contributed by atoms with van der Waals surface area (Å²) < 4.78 is 5.62. The predicted molar refractivity (Wildman–Crippen MR) is 79.9 cm³/mol. The standard InChI is InChI=1S/C17H25NO/c1-2-19-16-8-9-17-14(11-16)10-15(12-18-17)13-6-4-3-5-7-13/h8-9,11,13,15,18H,2-7,10,12H2,1H3. The van der Waals surface area contributed by atoms with Crippen molar-refractivity contribution in [3.63, 3.8) is 0 Å². The Morgan fingerprint density at radius 2 is 2.00 bits per heavy atom. The highest BCUT2D eigenvalue weighted by Crippen LogP contribution is 2.37. The largest absolute Gasteiger partial charge is 0.494 e. The Kier molecular flexibility index (Phi) is 3.95. The molecular weight excluding hydrogens is 234 g/mol. The van der Waals surface area contributed by atoms with Crippen LogP contribution in [-0.2, 0) is 6.42 Å². The second-order valence-corrected chi connectivity index (χ2v) is 6.00. The molecule has 1 atom stereocenters. The first-order valence-corrected chi connectivity index (χ1v) is 7.86. The van der Waals surface area contributed by atoms with Gasteiger partial charge in [-0.25, -0.2) is 0 Å². The third kappa shape index (κ3) is 2.88. The summed E-state index contributed by atoms with van der Waals surface area (Å²) in [7, 11) is 0. The molecule has 1 fully saturated rings. The fourth-order valence-corrected chi connectivity index (χ4v) is 3.70. The maximum absolute atomic E-state index is 5.62. The highest BCUT2D eigenvalue weighted by molar-refractivity contribution is 5.56. The van der Waals surface area contributed by atoms with E-state index in [0.29, 0.717) is 0 Å². The minimum Gasteiger partial charge on any atom is -0.494 e. The number of anilines is 1. The van der Waals surface area contributed by atoms with Crippen LogP contribution >= 0.6 is 0 Å². The lowest BCUT2D eigenvalue weighted by Crippen LogP contribution is -2.30. The van der Waals surface area contributed by atoms with E-state index in [0.717, 1.165) is 30.7 Å². The van der Waals surface area contributed by atoms with Crippen LogP contribution in [0.3, 0.4) is 0 Å². The average Bonchev–Trinajstić information content (AvgIpc) is 2.48. The molecule has 1 unspecified atom stereocenters. The van der Waals surface area contributed by atoms with E-state index in [-0.39, 0.29) is 0 Å². The van der Waals surface area contributed by atoms with Gasteiger partial charge in [0, 0.05) is 12.2 Å². The molecule has 1 aliphatic carbocycles. The predicted octanol–water partition coefficient (Wildman–Crippen LogP) is 4.25. The molecule has 2 heteroatoms. The maximum Gasteiger partial charge on any atom is 0.119 e. The Morgan fingerprint density at radius 1 is 1.16 bits per heavy atom. The quantitative estimate of drug-likeness (QED) is 0.876. The normalized spacial score (nSPS) is 23.5. The van der Waals surface area contributed by atoms with Crippen molar-refractivity contribution in [3.05, 3.63) is 23.8 Å². The van der Waals surface area contributed by atoms with E-state index in [1.807, 2.05) is 6.92 Å². The molecule has 104 valence electrons. The van der Waals surface area contributed by atoms with E-state index in [1.165, 1.54) is 49.8 Å². The van der Waals surface area contributed by atoms with Gasteiger partial charge in [0.15, 0.2) is 0 Å². The van der Waals surface area contributed by atoms with Gasteiger partial charge in [-0.15, -0.1) is 0 Å². The molecule has 19 heavy (non-hydrogen) atoms. The van der Waals surface area contributed by atoms with Gasteiger partial charge in [0.05, 0.1) is 6.61 Å². The van der Waals surface area contributed by atoms with Gasteiger partial charge < -0.3 is 10.1 Å². The number of benzene rings is 1. The fraction of sp³-hybridized carbons (Fsp3) is 0.647. The molecule has 1 aromatic rings. The van der Waals surface area contributed by atoms with Crippen molar-refractivity contribution in [2.75, 3.05) is 18.5 Å². The Morgan fingerprint density at radius 3 is 2.79 bits per heavy atom. The van der Waals surface area contributed by atoms with Gasteiger partial charge in [-0.3, -0.25) is 0 Å². The molecule has 0 amide bonds. The summed E-state index contributed by atoms with van der Waals surface area (Å²) in [5.41, 5.74) is 2.77. The van der Waals surface area contributed by atoms with Gasteiger partial charge in [0.25, 0.3) is 0 Å². The van der Waals surface area contributed by atoms with Crippen molar-refractivity contribution in [2.24, 2.45) is 11.8 Å². The topological polar surface area (TPSA) is 21.3 Å². The Balaban J connectivity index is 1.72. The van der Waals surface area contributed by atoms with Crippen molar-refractivity contribution in [3.8, 4) is 5.75 Å². The molecule has 0 aromatic heterocycles. The lowest BCUT2D eigenvalue weighted by atomic mass is 9.76. The zero-order valence-electron chi connectivity index (χ0n) is 12.0. The number of ether oxygens (including phenoxy) is 1. The minimum atomic E-state index is 0.748. The molecular formula is C17H25NO. The first-order valence-electron chi connectivity index (χ1n) is 7.86. The molecule has 1 aliphatic heterocycles. The van der Waals surface area contributed by atoms with Gasteiger partial charge in [-0.05, 0) is 48.9 Å². The molecule has 1 saturated carbocycles. The van der Waals surface area contributed by atoms with Crippen LogP contribution in [0.2, 0.25) is 0 Å². The summed E-state index contributed by atoms with van der Waals surface area (Å²) in [5, 5.41) is 3.62. The lowest BCUT2D eigenvalue weighted by Gasteiger charge is -2.34. The third-order valence-electron chi connectivity index (χ3n) is 4.74. The van der Waals surface area contributed by atoms with Crippen molar-refractivity contribution in [2.45, 2.75) is 45.4 Å². The monoisotopic (exact) mass is 259 g/mol. The zero-order valence-corrected chi connectivity index (χ0v) is 12.0. The summed E-state index contributed by atoms with van der Waals surface area (Å²) in [4.78, 5) is 0. The van der Waals surface area contributed by atoms with Crippen LogP contribution in [-0.4, -0.2) is 13.2 Å². The van der Waals surface area contributed by atoms with E-state index in [2.05, 4.69) is 23.5 Å². The average molecular weight is 259 g/mol. The SMILES string of the molecule is CCOc1ccc2c(c1)CC(C1CCCCC1)CN2. The van der Waals surface area contributed by atoms with Crippen molar-refractivity contribution >= 4 is 5.69 Å². The van der Waals surface area contributed by atoms with Crippen molar-refractivity contribution < 1.29 is 4.74 Å². The first-order chi connectivity index (χ1) is 9.36. The van der Waals surface area contributed by atoms with Crippen LogP contribution < -0.4 is 10.1 Å². The van der Waals surface area contributed by atoms with E-state index in [9.17, 15) is 0 Å². The number of rotatable bonds is 3. The zero-order chi connectivity index (χ0) is 13.1. The van der Waals surface area contributed by atoms with E-state index < -0.39 is 0 Å². The van der Waals surface area contributed by atoms with E-state index >= 15 is 0 Å². The molecule has 1 heterocycles. The summed E-state index contributed by atoms with van der Waals surface area (Å²) in [6.07, 6.45) is 8.43. The van der Waals surface area contributed by atoms with Crippen LogP contribution in [0.4, 0.5) is 5.69 Å². The second kappa shape index (κ2) is 5.85. The third-order valence-corrected chi connectivity index (χ3v) is 4.74. The molecule has 0 spiro atoms. The van der Waals surface area contributed by atoms with Crippen LogP contribution in [0.5, 0.6) is 5.75 Å². The number of nitrogens with one attached hydrogen (secondary N) is 1. The van der Waals surface area contributed by atoms with Gasteiger partial charge >= 0.3 is 0 Å². The summed E-state index contributed by atoms with van der Waals surface area (Å²) in [6, 6.07) is 6.49. The van der Waals surface area contributed by atoms with Gasteiger partial charge in [0.1, 0.15) is 5.75 Å². The van der Waals surface area contributed by atoms with Crippen molar-refractivity contribution in [1.82, 2.24) is 0 Å². The van der Waals surface area contributed by atoms with Crippen molar-refractivity contribution in [1.29, 1.82) is 0 Å². The Labute approximate surface area is 116 Å². The number of hydrogen-bond donors (Lipinski definition) is 1. The molecule has 1 N–H and O–H groups in total. The smallest absolute Gasteiger partial charge is 0.119 e. The highest BCUT2D eigenvalue weighted by Gasteiger charge is 2.27. The van der Waals surface area contributed by atoms with Crippen LogP contribution in [0.15, 0.2) is 18.2 Å². The van der Waals surface area contributed by atoms with Gasteiger partial charge in [-0.1, -0.05) is 32.1 Å². The Bertz CT molecular complexity index is 423. The number of hydrogen-bond acceptors (Lipinski definition) is 2. The summed E-state index contributed by atoms with van der Waals surface area (Å²) in [5.74, 6) is 2.78. The first kappa shape index (κ1) is 12.8. The second-order valence-electron chi connectivity index (χ2n) is 6.00. The van der Waals surface area contributed by atoms with E-state index in [4.69, 9.17) is 4.74 Å². The van der Waals surface area contributed by atoms with Crippen LogP contribution in [0.1, 0.15) is 44.6 Å². The maximum atomic E-state index is 5.62. The molecule has 3 rings (SSSR count). The van der Waals surface area contributed by atoms with E-state index in [1.54, 1.807) is 0 Å². The number of fused-ring (bicyclic) bond motifs is 1. The molecule has 2 nitrogen and oxygen atoms in total. The summed E-state index contributed by atoms with van der Waals surface area (Å²) in [6.45, 7) is 3.95. The molecule has 1 aromatic carbocycles. The minimum absolute atomic E-state index is 0.748. The van der Waals surface area contributed by atoms with Gasteiger partial charge in [0.2, 0.25) is 0 Å². The summed E-state index contributed by atoms with van der Waals surface area (Å²) >= 11 is 0. The molecule has 0 radical (unpaired) electrons. The highest BCUT2D eigenvalue weighted by atomic mass is 16.5. The molecule has 0 bridgehead atoms. The fourth-order valence-electron chi connectivity index (χ4n) is 3.70. The lowest BCUT2D eigenvalue weighted by molar-refractivity contribution is 0.252. The molecule has 0 saturated heterocycles. The van der Waals surface area contributed by atoms with Crippen LogP contribution in [0.25, 0.3) is 0 Å². The molecule has 2 aliphatic rings. The van der Waals surface area contributed by atoms with Gasteiger partial charge in [-0.2, -0.15) is 0 Å². The Hall–Kier alpha value is -1.18. The van der Waals surface area contributed by atoms with Crippen LogP contribution in [0, 0.1) is 11.8 Å².